The Bertz CT molecular complexity index is 366. The van der Waals surface area contributed by atoms with Gasteiger partial charge in [0.2, 0.25) is 5.91 Å². The molecule has 1 aromatic carbocycles. The fraction of sp³-hybridized carbons (Fsp3) is 0.364. The predicted molar refractivity (Wildman–Crippen MR) is 50.5 cm³/mol. The average Bonchev–Trinajstić information content (AvgIpc) is 2.25. The van der Waals surface area contributed by atoms with Crippen molar-refractivity contribution < 1.29 is 4.79 Å². The number of rotatable bonds is 0. The maximum Gasteiger partial charge on any atom is 0.227 e. The number of benzene rings is 1. The summed E-state index contributed by atoms with van der Waals surface area (Å²) >= 11 is 0. The third-order valence-electron chi connectivity index (χ3n) is 3.17. The molecular weight excluding hydrogens is 162 g/mol. The van der Waals surface area contributed by atoms with Crippen LogP contribution in [0.5, 0.6) is 0 Å². The molecule has 2 bridgehead atoms. The second kappa shape index (κ2) is 2.34. The van der Waals surface area contributed by atoms with Crippen LogP contribution in [-0.2, 0) is 4.79 Å². The Morgan fingerprint density at radius 3 is 2.77 bits per heavy atom. The molecule has 3 aliphatic rings. The minimum absolute atomic E-state index is 0.209. The maximum absolute atomic E-state index is 11.5. The lowest BCUT2D eigenvalue weighted by Gasteiger charge is -2.30. The number of fused-ring (bicyclic) bond motifs is 1. The molecule has 2 nitrogen and oxygen atoms in total. The van der Waals surface area contributed by atoms with Crippen LogP contribution in [0.25, 0.3) is 0 Å². The van der Waals surface area contributed by atoms with Crippen LogP contribution in [0.4, 0.5) is 5.69 Å². The summed E-state index contributed by atoms with van der Waals surface area (Å²) in [4.78, 5) is 11.5. The first kappa shape index (κ1) is 7.13. The molecule has 0 aromatic heterocycles. The largest absolute Gasteiger partial charge is 0.326 e. The zero-order valence-electron chi connectivity index (χ0n) is 7.29. The van der Waals surface area contributed by atoms with Gasteiger partial charge in [-0.2, -0.15) is 0 Å². The van der Waals surface area contributed by atoms with Crippen molar-refractivity contribution in [1.82, 2.24) is 0 Å². The van der Waals surface area contributed by atoms with Gasteiger partial charge in [-0.3, -0.25) is 4.79 Å². The van der Waals surface area contributed by atoms with Crippen LogP contribution in [-0.4, -0.2) is 5.91 Å². The van der Waals surface area contributed by atoms with Crippen molar-refractivity contribution >= 4 is 11.6 Å². The third-order valence-corrected chi connectivity index (χ3v) is 3.17. The molecule has 13 heavy (non-hydrogen) atoms. The number of amides is 1. The molecule has 1 aliphatic carbocycles. The number of hydrogen-bond donors (Lipinski definition) is 1. The first-order chi connectivity index (χ1) is 6.34. The summed E-state index contributed by atoms with van der Waals surface area (Å²) in [6.07, 6.45) is 2.09. The fourth-order valence-corrected chi connectivity index (χ4v) is 2.29. The van der Waals surface area contributed by atoms with Gasteiger partial charge < -0.3 is 5.32 Å². The minimum atomic E-state index is 0.209. The highest BCUT2D eigenvalue weighted by atomic mass is 16.1. The van der Waals surface area contributed by atoms with Crippen LogP contribution in [0.15, 0.2) is 24.3 Å². The molecule has 1 amide bonds. The van der Waals surface area contributed by atoms with E-state index in [0.717, 1.165) is 18.5 Å². The van der Waals surface area contributed by atoms with Gasteiger partial charge in [-0.25, -0.2) is 0 Å². The van der Waals surface area contributed by atoms with Gasteiger partial charge >= 0.3 is 0 Å². The van der Waals surface area contributed by atoms with Crippen molar-refractivity contribution in [2.24, 2.45) is 5.92 Å². The highest BCUT2D eigenvalue weighted by molar-refractivity contribution is 5.95. The molecule has 0 unspecified atom stereocenters. The van der Waals surface area contributed by atoms with Crippen LogP contribution in [0.1, 0.15) is 24.3 Å². The molecule has 1 fully saturated rings. The van der Waals surface area contributed by atoms with Gasteiger partial charge in [0.25, 0.3) is 0 Å². The van der Waals surface area contributed by atoms with E-state index in [2.05, 4.69) is 11.4 Å². The van der Waals surface area contributed by atoms with Crippen molar-refractivity contribution in [3.8, 4) is 0 Å². The zero-order chi connectivity index (χ0) is 8.84. The number of hydrogen-bond acceptors (Lipinski definition) is 1. The number of carbonyl (C=O) groups is 1. The van der Waals surface area contributed by atoms with Crippen molar-refractivity contribution in [2.45, 2.75) is 18.8 Å². The summed E-state index contributed by atoms with van der Waals surface area (Å²) < 4.78 is 0. The molecule has 2 aliphatic heterocycles. The quantitative estimate of drug-likeness (QED) is 0.639. The summed E-state index contributed by atoms with van der Waals surface area (Å²) in [6.45, 7) is 0. The standard InChI is InChI=1S/C11H11NO/c13-11-8-5-7(6-8)9-3-1-2-4-10(9)12-11/h1-4,7-8H,5-6H2,(H,12,13). The van der Waals surface area contributed by atoms with Crippen molar-refractivity contribution in [3.63, 3.8) is 0 Å². The zero-order valence-corrected chi connectivity index (χ0v) is 7.29. The second-order valence-electron chi connectivity index (χ2n) is 3.94. The van der Waals surface area contributed by atoms with Crippen LogP contribution in [0, 0.1) is 5.92 Å². The van der Waals surface area contributed by atoms with E-state index in [1.165, 1.54) is 5.56 Å². The summed E-state index contributed by atoms with van der Waals surface area (Å²) in [5, 5.41) is 2.97. The van der Waals surface area contributed by atoms with E-state index in [9.17, 15) is 4.79 Å². The predicted octanol–water partition coefficient (Wildman–Crippen LogP) is 2.13. The first-order valence-corrected chi connectivity index (χ1v) is 4.74. The SMILES string of the molecule is O=C1Nc2ccccc2C2CC1C2. The molecule has 0 saturated heterocycles. The van der Waals surface area contributed by atoms with E-state index in [4.69, 9.17) is 0 Å². The number of carbonyl (C=O) groups excluding carboxylic acids is 1. The molecule has 0 atom stereocenters. The Kier molecular flexibility index (Phi) is 1.29. The molecule has 2 heteroatoms. The van der Waals surface area contributed by atoms with Crippen molar-refractivity contribution in [1.29, 1.82) is 0 Å². The molecule has 1 N–H and O–H groups in total. The van der Waals surface area contributed by atoms with Crippen LogP contribution in [0.3, 0.4) is 0 Å². The number of para-hydroxylation sites is 1. The maximum atomic E-state index is 11.5. The van der Waals surface area contributed by atoms with E-state index in [1.807, 2.05) is 18.2 Å². The van der Waals surface area contributed by atoms with Gasteiger partial charge in [-0.05, 0) is 30.4 Å². The summed E-state index contributed by atoms with van der Waals surface area (Å²) in [7, 11) is 0. The van der Waals surface area contributed by atoms with Crippen LogP contribution < -0.4 is 5.32 Å². The molecule has 0 radical (unpaired) electrons. The van der Waals surface area contributed by atoms with Gasteiger partial charge in [0, 0.05) is 11.6 Å². The van der Waals surface area contributed by atoms with Gasteiger partial charge in [-0.15, -0.1) is 0 Å². The monoisotopic (exact) mass is 173 g/mol. The molecular formula is C11H11NO. The smallest absolute Gasteiger partial charge is 0.227 e. The Balaban J connectivity index is 2.12. The average molecular weight is 173 g/mol. The molecule has 2 heterocycles. The normalized spacial score (nSPS) is 29.7. The summed E-state index contributed by atoms with van der Waals surface area (Å²) in [5.41, 5.74) is 2.35. The lowest BCUT2D eigenvalue weighted by molar-refractivity contribution is -0.122. The lowest BCUT2D eigenvalue weighted by atomic mass is 9.72. The molecule has 0 spiro atoms. The van der Waals surface area contributed by atoms with E-state index in [0.29, 0.717) is 5.92 Å². The van der Waals surface area contributed by atoms with E-state index in [-0.39, 0.29) is 11.8 Å². The Labute approximate surface area is 77.0 Å². The van der Waals surface area contributed by atoms with Crippen LogP contribution >= 0.6 is 0 Å². The number of nitrogens with one attached hydrogen (secondary N) is 1. The highest BCUT2D eigenvalue weighted by Gasteiger charge is 2.39. The van der Waals surface area contributed by atoms with Crippen molar-refractivity contribution in [2.75, 3.05) is 5.32 Å². The second-order valence-corrected chi connectivity index (χ2v) is 3.94. The lowest BCUT2D eigenvalue weighted by Crippen LogP contribution is -2.29. The molecule has 66 valence electrons. The molecule has 4 rings (SSSR count). The van der Waals surface area contributed by atoms with Gasteiger partial charge in [0.05, 0.1) is 0 Å². The Morgan fingerprint density at radius 2 is 1.92 bits per heavy atom. The molecule has 1 aromatic rings. The van der Waals surface area contributed by atoms with Crippen LogP contribution in [0.2, 0.25) is 0 Å². The summed E-state index contributed by atoms with van der Waals surface area (Å²) in [5.74, 6) is 1.11. The topological polar surface area (TPSA) is 29.1 Å². The number of anilines is 1. The fourth-order valence-electron chi connectivity index (χ4n) is 2.29. The first-order valence-electron chi connectivity index (χ1n) is 4.74. The van der Waals surface area contributed by atoms with Crippen molar-refractivity contribution in [3.05, 3.63) is 29.8 Å². The van der Waals surface area contributed by atoms with E-state index in [1.54, 1.807) is 0 Å². The van der Waals surface area contributed by atoms with Gasteiger partial charge in [0.15, 0.2) is 0 Å². The van der Waals surface area contributed by atoms with Gasteiger partial charge in [0.1, 0.15) is 0 Å². The third kappa shape index (κ3) is 0.916. The highest BCUT2D eigenvalue weighted by Crippen LogP contribution is 2.47. The molecule has 1 saturated carbocycles. The van der Waals surface area contributed by atoms with E-state index >= 15 is 0 Å². The minimum Gasteiger partial charge on any atom is -0.326 e. The Hall–Kier alpha value is -1.31. The Morgan fingerprint density at radius 1 is 1.15 bits per heavy atom. The summed E-state index contributed by atoms with van der Waals surface area (Å²) in [6, 6.07) is 8.14. The van der Waals surface area contributed by atoms with E-state index < -0.39 is 0 Å². The van der Waals surface area contributed by atoms with Gasteiger partial charge in [-0.1, -0.05) is 18.2 Å².